The van der Waals surface area contributed by atoms with Crippen LogP contribution in [-0.4, -0.2) is 123 Å². The fourth-order valence-corrected chi connectivity index (χ4v) is 10.3. The monoisotopic (exact) mass is 1010 g/mol. The average Bonchev–Trinajstić information content (AvgIpc) is 3.78. The Morgan fingerprint density at radius 2 is 1.57 bits per heavy atom. The third-order valence-corrected chi connectivity index (χ3v) is 14.4. The van der Waals surface area contributed by atoms with Crippen molar-refractivity contribution in [2.24, 2.45) is 11.3 Å². The minimum absolute atomic E-state index is 0.0335. The maximum atomic E-state index is 12.7. The molecule has 0 spiro atoms. The molecule has 1 fully saturated rings. The second kappa shape index (κ2) is 26.9. The van der Waals surface area contributed by atoms with Crippen molar-refractivity contribution in [3.05, 3.63) is 12.7 Å². The largest absolute Gasteiger partial charge is 0.481 e. The number of hydrogen-bond acceptors (Lipinski definition) is 18. The van der Waals surface area contributed by atoms with Gasteiger partial charge in [-0.3, -0.25) is 32.5 Å². The van der Waals surface area contributed by atoms with Crippen molar-refractivity contribution in [1.29, 1.82) is 0 Å². The van der Waals surface area contributed by atoms with Crippen molar-refractivity contribution in [1.82, 2.24) is 30.2 Å². The molecule has 8 atom stereocenters. The summed E-state index contributed by atoms with van der Waals surface area (Å²) in [5.74, 6) is -0.232. The molecule has 0 saturated carbocycles. The first-order chi connectivity index (χ1) is 30.4. The molecule has 0 radical (unpaired) electrons. The number of nitrogens with one attached hydrogen (secondary N) is 2. The first kappa shape index (κ1) is 56.9. The summed E-state index contributed by atoms with van der Waals surface area (Å²) >= 11 is 1.15. The van der Waals surface area contributed by atoms with E-state index < -0.39 is 84.6 Å². The molecule has 0 aromatic carbocycles. The molecule has 2 aromatic rings. The van der Waals surface area contributed by atoms with Crippen LogP contribution in [0.15, 0.2) is 12.7 Å². The van der Waals surface area contributed by atoms with Crippen molar-refractivity contribution < 1.29 is 80.5 Å². The van der Waals surface area contributed by atoms with Gasteiger partial charge in [0.2, 0.25) is 11.8 Å². The lowest BCUT2D eigenvalue weighted by molar-refractivity contribution is -0.137. The Hall–Kier alpha value is -2.44. The van der Waals surface area contributed by atoms with Gasteiger partial charge in [0.05, 0.1) is 19.5 Å². The molecule has 8 unspecified atom stereocenters. The van der Waals surface area contributed by atoms with Gasteiger partial charge in [0.25, 0.3) is 0 Å². The van der Waals surface area contributed by atoms with Crippen LogP contribution in [0, 0.1) is 11.3 Å². The fraction of sp³-hybridized carbons (Fsp3) is 0.784. The second-order valence-corrected chi connectivity index (χ2v) is 21.9. The lowest BCUT2D eigenvalue weighted by atomic mass is 9.87. The zero-order valence-corrected chi connectivity index (χ0v) is 40.6. The molecule has 1 saturated heterocycles. The molecular weight excluding hydrogens is 939 g/mol. The van der Waals surface area contributed by atoms with Gasteiger partial charge in [-0.05, 0) is 12.3 Å². The summed E-state index contributed by atoms with van der Waals surface area (Å²) in [6, 6.07) is 0. The maximum absolute atomic E-state index is 12.7. The van der Waals surface area contributed by atoms with Crippen LogP contribution in [0.1, 0.15) is 117 Å². The zero-order valence-electron chi connectivity index (χ0n) is 37.1. The average molecular weight is 1010 g/mol. The first-order valence-electron chi connectivity index (χ1n) is 21.5. The van der Waals surface area contributed by atoms with E-state index in [1.807, 2.05) is 0 Å². The van der Waals surface area contributed by atoms with Crippen LogP contribution in [0.4, 0.5) is 5.82 Å². The summed E-state index contributed by atoms with van der Waals surface area (Å²) in [7, 11) is -16.4. The number of carbonyl (C=O) groups excluding carboxylic acids is 3. The number of phosphoric acid groups is 3. The molecule has 3 heterocycles. The number of ether oxygens (including phenoxy) is 1. The van der Waals surface area contributed by atoms with Crippen LogP contribution < -0.4 is 16.4 Å². The van der Waals surface area contributed by atoms with Gasteiger partial charge < -0.3 is 50.9 Å². The number of aliphatic hydroxyl groups excluding tert-OH is 2. The predicted octanol–water partition coefficient (Wildman–Crippen LogP) is 4.00. The number of imidazole rings is 1. The van der Waals surface area contributed by atoms with Crippen molar-refractivity contribution in [2.75, 3.05) is 37.8 Å². The number of carbonyl (C=O) groups is 3. The van der Waals surface area contributed by atoms with Crippen LogP contribution in [0.5, 0.6) is 0 Å². The number of thioether (sulfide) groups is 1. The number of aromatic nitrogens is 4. The third-order valence-electron chi connectivity index (χ3n) is 10.4. The zero-order chi connectivity index (χ0) is 48.4. The van der Waals surface area contributed by atoms with Crippen molar-refractivity contribution in [2.45, 2.75) is 142 Å². The number of rotatable bonds is 32. The molecule has 65 heavy (non-hydrogen) atoms. The lowest BCUT2D eigenvalue weighted by Gasteiger charge is -2.30. The van der Waals surface area contributed by atoms with E-state index in [0.29, 0.717) is 12.2 Å². The van der Waals surface area contributed by atoms with E-state index in [1.54, 1.807) is 0 Å². The van der Waals surface area contributed by atoms with E-state index in [0.717, 1.165) is 54.2 Å². The molecule has 10 N–H and O–H groups in total. The smallest absolute Gasteiger partial charge is 0.386 e. The van der Waals surface area contributed by atoms with Gasteiger partial charge in [-0.1, -0.05) is 104 Å². The summed E-state index contributed by atoms with van der Waals surface area (Å²) in [6.45, 7) is 5.14. The van der Waals surface area contributed by atoms with Crippen LogP contribution in [0.2, 0.25) is 0 Å². The van der Waals surface area contributed by atoms with Crippen LogP contribution >= 0.6 is 35.2 Å². The van der Waals surface area contributed by atoms with Crippen LogP contribution in [-0.2, 0) is 50.7 Å². The summed E-state index contributed by atoms with van der Waals surface area (Å²) in [5, 5.41) is 26.6. The predicted molar refractivity (Wildman–Crippen MR) is 237 cm³/mol. The maximum Gasteiger partial charge on any atom is 0.481 e. The molecule has 2 amide bonds. The van der Waals surface area contributed by atoms with Gasteiger partial charge >= 0.3 is 23.5 Å². The van der Waals surface area contributed by atoms with Gasteiger partial charge in [0.1, 0.15) is 36.3 Å². The summed E-state index contributed by atoms with van der Waals surface area (Å²) in [4.78, 5) is 88.3. The molecule has 24 nitrogen and oxygen atoms in total. The van der Waals surface area contributed by atoms with E-state index in [9.17, 15) is 57.9 Å². The van der Waals surface area contributed by atoms with E-state index in [4.69, 9.17) is 19.5 Å². The van der Waals surface area contributed by atoms with E-state index in [1.165, 1.54) is 65.2 Å². The summed E-state index contributed by atoms with van der Waals surface area (Å²) in [6.07, 6.45) is 6.71. The highest BCUT2D eigenvalue weighted by atomic mass is 32.2. The topological polar surface area (TPSA) is 364 Å². The summed E-state index contributed by atoms with van der Waals surface area (Å²) < 4.78 is 62.4. The number of nitrogen functional groups attached to an aromatic ring is 1. The minimum Gasteiger partial charge on any atom is -0.386 e. The number of nitrogens with zero attached hydrogens (tertiary/aromatic N) is 4. The molecule has 1 aliphatic rings. The molecule has 372 valence electrons. The molecular formula is C37H66N7O17P3S. The molecule has 2 aromatic heterocycles. The normalized spacial score (nSPS) is 20.8. The number of fused-ring (bicyclic) bond motifs is 1. The standard InChI is InChI=1S/C37H66N7O17P3S/c1-5-6-11-14-25(2)15-12-9-7-8-10-13-16-28(46)65-20-19-39-27(45)17-18-40-35(49)32(48)37(3,4)22-58-64(55,56)61-63(53,54)57-21-26-31(60-62(50,51)52)30(47)36(59-26)44-24-43-29-33(38)41-23-42-34(29)44/h23-26,30-32,36,47-48H,5-22H2,1-4H3,(H,39,45)(H,40,49)(H,53,54)(H,55,56)(H2,38,41,42)(H2,50,51,52). The number of anilines is 1. The van der Waals surface area contributed by atoms with E-state index in [2.05, 4.69) is 48.3 Å². The van der Waals surface area contributed by atoms with Crippen molar-refractivity contribution in [3.8, 4) is 0 Å². The number of hydrogen-bond donors (Lipinski definition) is 9. The highest BCUT2D eigenvalue weighted by Crippen LogP contribution is 2.61. The number of amides is 2. The Bertz CT molecular complexity index is 1980. The number of phosphoric ester groups is 3. The Morgan fingerprint density at radius 1 is 0.923 bits per heavy atom. The van der Waals surface area contributed by atoms with Gasteiger partial charge in [-0.25, -0.2) is 28.6 Å². The lowest BCUT2D eigenvalue weighted by Crippen LogP contribution is -2.46. The Labute approximate surface area is 382 Å². The molecule has 28 heteroatoms. The Balaban J connectivity index is 1.33. The van der Waals surface area contributed by atoms with Gasteiger partial charge in [0.15, 0.2) is 22.8 Å². The molecule has 0 aliphatic carbocycles. The van der Waals surface area contributed by atoms with Crippen molar-refractivity contribution in [3.63, 3.8) is 0 Å². The number of nitrogens with two attached hydrogens (primary N) is 1. The highest BCUT2D eigenvalue weighted by molar-refractivity contribution is 8.13. The molecule has 0 bridgehead atoms. The van der Waals surface area contributed by atoms with Crippen molar-refractivity contribution >= 4 is 69.1 Å². The molecule has 3 rings (SSSR count). The van der Waals surface area contributed by atoms with Gasteiger partial charge in [0, 0.05) is 37.1 Å². The van der Waals surface area contributed by atoms with E-state index in [-0.39, 0.29) is 41.6 Å². The third kappa shape index (κ3) is 20.4. The van der Waals surface area contributed by atoms with Gasteiger partial charge in [-0.2, -0.15) is 4.31 Å². The Kier molecular flexibility index (Phi) is 23.6. The summed E-state index contributed by atoms with van der Waals surface area (Å²) in [5.41, 5.74) is 4.29. The van der Waals surface area contributed by atoms with Gasteiger partial charge in [-0.15, -0.1) is 0 Å². The highest BCUT2D eigenvalue weighted by Gasteiger charge is 2.50. The minimum atomic E-state index is -5.57. The Morgan fingerprint density at radius 3 is 2.25 bits per heavy atom. The first-order valence-corrected chi connectivity index (χ1v) is 27.0. The quantitative estimate of drug-likeness (QED) is 0.0369. The number of unbranched alkanes of at least 4 members (excludes halogenated alkanes) is 7. The second-order valence-electron chi connectivity index (χ2n) is 16.6. The molecule has 1 aliphatic heterocycles. The fourth-order valence-electron chi connectivity index (χ4n) is 6.72. The van der Waals surface area contributed by atoms with Crippen LogP contribution in [0.25, 0.3) is 11.2 Å². The van der Waals surface area contributed by atoms with E-state index >= 15 is 0 Å². The SMILES string of the molecule is CCCCCC(C)CCCCCCCCC(=O)SCCNC(=O)CCNC(=O)C(O)C(C)(C)COP(=O)(O)OP(=O)(O)OCC1OC(n2cnc3c(N)ncnc32)C(O)C1OP(=O)(O)O. The number of aliphatic hydroxyl groups is 2. The van der Waals surface area contributed by atoms with Crippen LogP contribution in [0.3, 0.4) is 0 Å².